The Hall–Kier alpha value is 0.130. The summed E-state index contributed by atoms with van der Waals surface area (Å²) in [6.45, 7) is 0. The molecule has 0 aromatic carbocycles. The van der Waals surface area contributed by atoms with Gasteiger partial charge in [-0.1, -0.05) is 0 Å². The van der Waals surface area contributed by atoms with Gasteiger partial charge in [-0.25, -0.2) is 0 Å². The van der Waals surface area contributed by atoms with Crippen molar-refractivity contribution < 1.29 is 35.9 Å². The van der Waals surface area contributed by atoms with E-state index >= 15 is 0 Å². The monoisotopic (exact) mass is 270 g/mol. The van der Waals surface area contributed by atoms with E-state index in [1.807, 2.05) is 0 Å². The first-order valence-electron chi connectivity index (χ1n) is 3.58. The number of halogens is 3. The predicted octanol–water partition coefficient (Wildman–Crippen LogP) is 2.48. The summed E-state index contributed by atoms with van der Waals surface area (Å²) in [4.78, 5) is 0. The van der Waals surface area contributed by atoms with Crippen LogP contribution in [-0.4, -0.2) is 32.9 Å². The van der Waals surface area contributed by atoms with Crippen molar-refractivity contribution in [3.8, 4) is 0 Å². The lowest BCUT2D eigenvalue weighted by Gasteiger charge is -2.24. The average Bonchev–Trinajstić information content (AvgIpc) is 2.15. The first-order valence-corrected chi connectivity index (χ1v) is 6.59. The Morgan fingerprint density at radius 1 is 1.20 bits per heavy atom. The maximum atomic E-state index is 12.4. The van der Waals surface area contributed by atoms with E-state index in [-0.39, 0.29) is 0 Å². The van der Waals surface area contributed by atoms with Crippen LogP contribution in [0.5, 0.6) is 0 Å². The number of rotatable bonds is 5. The highest BCUT2D eigenvalue weighted by molar-refractivity contribution is 7.67. The van der Waals surface area contributed by atoms with Gasteiger partial charge >= 0.3 is 13.8 Å². The van der Waals surface area contributed by atoms with E-state index in [9.17, 15) is 22.3 Å². The maximum absolute atomic E-state index is 12.4. The fourth-order valence-electron chi connectivity index (χ4n) is 0.839. The second-order valence-electron chi connectivity index (χ2n) is 2.37. The van der Waals surface area contributed by atoms with Crippen LogP contribution in [0.1, 0.15) is 0 Å². The second kappa shape index (κ2) is 5.46. The van der Waals surface area contributed by atoms with Crippen molar-refractivity contribution in [2.45, 2.75) is 11.6 Å². The Morgan fingerprint density at radius 3 is 1.80 bits per heavy atom. The molecule has 2 atom stereocenters. The molecule has 0 bridgehead atoms. The molecule has 0 spiro atoms. The van der Waals surface area contributed by atoms with Gasteiger partial charge in [0.15, 0.2) is 0 Å². The highest BCUT2D eigenvalue weighted by Crippen LogP contribution is 2.65. The molecule has 15 heavy (non-hydrogen) atoms. The molecule has 0 amide bonds. The molecule has 0 rings (SSSR count). The smallest absolute Gasteiger partial charge is 0.333 e. The Kier molecular flexibility index (Phi) is 5.50. The van der Waals surface area contributed by atoms with E-state index in [1.54, 1.807) is 0 Å². The predicted molar refractivity (Wildman–Crippen MR) is 47.5 cm³/mol. The van der Waals surface area contributed by atoms with Crippen LogP contribution < -0.4 is 0 Å². The first kappa shape index (κ1) is 15.1. The molecule has 2 unspecified atom stereocenters. The lowest BCUT2D eigenvalue weighted by Crippen LogP contribution is -2.27. The highest BCUT2D eigenvalue weighted by Gasteiger charge is 2.57. The summed E-state index contributed by atoms with van der Waals surface area (Å²) in [5.41, 5.74) is 0. The normalized spacial score (nSPS) is 17.5. The van der Waals surface area contributed by atoms with E-state index < -0.39 is 27.2 Å². The molecular formula is C5H11F3O5P2. The molecule has 0 aromatic rings. The third kappa shape index (κ3) is 3.57. The third-order valence-electron chi connectivity index (χ3n) is 1.56. The maximum Gasteiger partial charge on any atom is 0.411 e. The molecule has 0 aliphatic heterocycles. The van der Waals surface area contributed by atoms with Gasteiger partial charge in [-0.05, 0) is 0 Å². The van der Waals surface area contributed by atoms with Crippen LogP contribution in [0.25, 0.3) is 0 Å². The number of hydrogen-bond donors (Lipinski definition) is 0. The van der Waals surface area contributed by atoms with Crippen LogP contribution in [0.2, 0.25) is 0 Å². The lowest BCUT2D eigenvalue weighted by molar-refractivity contribution is -0.120. The standard InChI is InChI=1S/C5H11F3O5P2/c1-11-14(9)4(5(6,7)8)15(10,12-2)13-3/h4,14H,1-3H3. The summed E-state index contributed by atoms with van der Waals surface area (Å²) >= 11 is 0. The van der Waals surface area contributed by atoms with E-state index in [1.165, 1.54) is 0 Å². The molecule has 0 aliphatic rings. The van der Waals surface area contributed by atoms with E-state index in [0.29, 0.717) is 0 Å². The van der Waals surface area contributed by atoms with Gasteiger partial charge in [0.25, 0.3) is 0 Å². The molecule has 10 heteroatoms. The van der Waals surface area contributed by atoms with Gasteiger partial charge in [-0.15, -0.1) is 0 Å². The summed E-state index contributed by atoms with van der Waals surface area (Å²) in [7, 11) is -5.70. The highest BCUT2D eigenvalue weighted by atomic mass is 31.2. The minimum absolute atomic E-state index is 0.786. The lowest BCUT2D eigenvalue weighted by atomic mass is 10.8. The number of hydrogen-bond acceptors (Lipinski definition) is 5. The minimum Gasteiger partial charge on any atom is -0.333 e. The molecule has 0 aliphatic carbocycles. The number of alkyl halides is 3. The third-order valence-corrected chi connectivity index (χ3v) is 6.26. The first-order chi connectivity index (χ1) is 6.72. The average molecular weight is 270 g/mol. The Balaban J connectivity index is 5.29. The van der Waals surface area contributed by atoms with Crippen LogP contribution in [0.4, 0.5) is 13.2 Å². The zero-order chi connectivity index (χ0) is 12.3. The molecule has 0 aromatic heterocycles. The van der Waals surface area contributed by atoms with Crippen molar-refractivity contribution in [1.82, 2.24) is 0 Å². The van der Waals surface area contributed by atoms with Crippen molar-refractivity contribution in [3.63, 3.8) is 0 Å². The van der Waals surface area contributed by atoms with Crippen LogP contribution in [0.3, 0.4) is 0 Å². The molecule has 92 valence electrons. The Labute approximate surface area is 85.3 Å². The van der Waals surface area contributed by atoms with Gasteiger partial charge in [0.1, 0.15) is 0 Å². The SMILES string of the molecule is CO[PH](=O)C(C(F)(F)F)P(=O)(OC)OC. The van der Waals surface area contributed by atoms with Crippen molar-refractivity contribution in [3.05, 3.63) is 0 Å². The van der Waals surface area contributed by atoms with Gasteiger partial charge in [-0.2, -0.15) is 13.2 Å². The second-order valence-corrected chi connectivity index (χ2v) is 6.81. The molecule has 5 nitrogen and oxygen atoms in total. The fraction of sp³-hybridized carbons (Fsp3) is 1.00. The van der Waals surface area contributed by atoms with Crippen molar-refractivity contribution >= 4 is 15.6 Å². The Bertz CT molecular complexity index is 270. The van der Waals surface area contributed by atoms with Gasteiger partial charge in [0.05, 0.1) is 0 Å². The van der Waals surface area contributed by atoms with E-state index in [0.717, 1.165) is 21.3 Å². The van der Waals surface area contributed by atoms with Gasteiger partial charge in [0.2, 0.25) is 13.4 Å². The van der Waals surface area contributed by atoms with Crippen molar-refractivity contribution in [1.29, 1.82) is 0 Å². The molecule has 0 fully saturated rings. The van der Waals surface area contributed by atoms with Gasteiger partial charge < -0.3 is 13.6 Å². The zero-order valence-electron chi connectivity index (χ0n) is 8.20. The zero-order valence-corrected chi connectivity index (χ0v) is 10.1. The summed E-state index contributed by atoms with van der Waals surface area (Å²) in [5.74, 6) is 0. The van der Waals surface area contributed by atoms with E-state index in [2.05, 4.69) is 13.6 Å². The van der Waals surface area contributed by atoms with Crippen LogP contribution in [-0.2, 0) is 22.7 Å². The van der Waals surface area contributed by atoms with E-state index in [4.69, 9.17) is 0 Å². The van der Waals surface area contributed by atoms with Crippen LogP contribution in [0.15, 0.2) is 0 Å². The topological polar surface area (TPSA) is 61.8 Å². The van der Waals surface area contributed by atoms with Gasteiger partial charge in [-0.3, -0.25) is 9.13 Å². The summed E-state index contributed by atoms with van der Waals surface area (Å²) < 4.78 is 72.2. The molecular weight excluding hydrogens is 259 g/mol. The molecule has 0 saturated heterocycles. The minimum atomic E-state index is -4.98. The largest absolute Gasteiger partial charge is 0.411 e. The quantitative estimate of drug-likeness (QED) is 0.718. The van der Waals surface area contributed by atoms with Crippen LogP contribution >= 0.6 is 15.6 Å². The molecule has 0 heterocycles. The molecule has 0 saturated carbocycles. The van der Waals surface area contributed by atoms with Crippen molar-refractivity contribution in [2.24, 2.45) is 0 Å². The van der Waals surface area contributed by atoms with Gasteiger partial charge in [0, 0.05) is 21.3 Å². The summed E-state index contributed by atoms with van der Waals surface area (Å²) in [6.07, 6.45) is -4.98. The van der Waals surface area contributed by atoms with Crippen molar-refractivity contribution in [2.75, 3.05) is 21.3 Å². The summed E-state index contributed by atoms with van der Waals surface area (Å²) in [5, 5.41) is -2.74. The van der Waals surface area contributed by atoms with Crippen LogP contribution in [0, 0.1) is 0 Å². The fourth-order valence-corrected chi connectivity index (χ4v) is 4.24. The molecule has 0 radical (unpaired) electrons. The summed E-state index contributed by atoms with van der Waals surface area (Å²) in [6, 6.07) is 0. The molecule has 0 N–H and O–H groups in total. The Morgan fingerprint density at radius 2 is 1.60 bits per heavy atom.